The van der Waals surface area contributed by atoms with E-state index in [-0.39, 0.29) is 17.6 Å². The molecule has 0 spiro atoms. The summed E-state index contributed by atoms with van der Waals surface area (Å²) in [4.78, 5) is 0. The van der Waals surface area contributed by atoms with Crippen LogP contribution >= 0.6 is 0 Å². The molecule has 220 valence electrons. The summed E-state index contributed by atoms with van der Waals surface area (Å²) in [6.07, 6.45) is -0.0407. The summed E-state index contributed by atoms with van der Waals surface area (Å²) in [7, 11) is 0. The van der Waals surface area contributed by atoms with Crippen LogP contribution in [0.5, 0.6) is 11.5 Å². The zero-order valence-electron chi connectivity index (χ0n) is 24.1. The van der Waals surface area contributed by atoms with E-state index >= 15 is 0 Å². The summed E-state index contributed by atoms with van der Waals surface area (Å²) in [5.74, 6) is 1.68. The van der Waals surface area contributed by atoms with Crippen molar-refractivity contribution in [3.63, 3.8) is 0 Å². The van der Waals surface area contributed by atoms with Gasteiger partial charge in [0.05, 0.1) is 65.7 Å². The van der Waals surface area contributed by atoms with Crippen LogP contribution in [0.4, 0.5) is 0 Å². The Hall–Kier alpha value is -2.15. The van der Waals surface area contributed by atoms with Crippen molar-refractivity contribution in [2.24, 2.45) is 0 Å². The monoisotopic (exact) mass is 566 g/mol. The van der Waals surface area contributed by atoms with E-state index in [9.17, 15) is 0 Å². The lowest BCUT2D eigenvalue weighted by atomic mass is 9.78. The SMILES string of the molecule is CC(C)(c1ccc(OC[C@@H]2C[N+]34CCO[B-]3(OCC4)O2)cc1)c1ccc(OC[C@@H]2C[N+]34CCO[B-]3(OCC4)O2)cc1. The third-order valence-electron chi connectivity index (χ3n) is 10.7. The molecule has 6 fully saturated rings. The number of hydrogen-bond acceptors (Lipinski definition) is 8. The van der Waals surface area contributed by atoms with Gasteiger partial charge in [-0.15, -0.1) is 0 Å². The van der Waals surface area contributed by atoms with Crippen LogP contribution in [0, 0.1) is 0 Å². The molecule has 2 atom stereocenters. The minimum absolute atomic E-state index is 0.0204. The molecule has 10 nitrogen and oxygen atoms in total. The third-order valence-corrected chi connectivity index (χ3v) is 10.7. The number of nitrogens with zero attached hydrogens (tertiary/aromatic N) is 2. The average Bonchev–Trinajstić information content (AvgIpc) is 3.73. The van der Waals surface area contributed by atoms with Gasteiger partial charge in [-0.1, -0.05) is 38.1 Å². The maximum Gasteiger partial charge on any atom is 0.625 e. The second-order valence-electron chi connectivity index (χ2n) is 13.2. The summed E-state index contributed by atoms with van der Waals surface area (Å²) in [5, 5.41) is 0. The first-order valence-corrected chi connectivity index (χ1v) is 15.2. The number of ether oxygens (including phenoxy) is 2. The number of benzene rings is 2. The van der Waals surface area contributed by atoms with Crippen LogP contribution in [0.15, 0.2) is 48.5 Å². The number of rotatable bonds is 8. The smallest absolute Gasteiger partial charge is 0.491 e. The van der Waals surface area contributed by atoms with Crippen molar-refractivity contribution in [3.8, 4) is 11.5 Å². The fraction of sp³-hybridized carbons (Fsp3) is 0.586. The molecule has 41 heavy (non-hydrogen) atoms. The highest BCUT2D eigenvalue weighted by molar-refractivity contribution is 6.54. The Balaban J connectivity index is 0.858. The highest BCUT2D eigenvalue weighted by Gasteiger charge is 2.67. The molecule has 6 aliphatic heterocycles. The molecule has 8 rings (SSSR count). The normalized spacial score (nSPS) is 39.0. The van der Waals surface area contributed by atoms with Crippen molar-refractivity contribution >= 4 is 13.8 Å². The van der Waals surface area contributed by atoms with E-state index in [4.69, 9.17) is 37.4 Å². The van der Waals surface area contributed by atoms with Gasteiger partial charge in [0, 0.05) is 5.41 Å². The van der Waals surface area contributed by atoms with Crippen molar-refractivity contribution in [1.29, 1.82) is 0 Å². The molecule has 2 aromatic carbocycles. The van der Waals surface area contributed by atoms with Crippen molar-refractivity contribution in [3.05, 3.63) is 59.7 Å². The molecule has 2 aromatic rings. The quantitative estimate of drug-likeness (QED) is 0.451. The van der Waals surface area contributed by atoms with Gasteiger partial charge in [-0.2, -0.15) is 0 Å². The van der Waals surface area contributed by atoms with Crippen LogP contribution < -0.4 is 9.47 Å². The topological polar surface area (TPSA) is 73.8 Å². The lowest BCUT2D eigenvalue weighted by Crippen LogP contribution is -2.59. The molecule has 6 aliphatic rings. The second-order valence-corrected chi connectivity index (χ2v) is 13.2. The van der Waals surface area contributed by atoms with E-state index in [0.29, 0.717) is 39.6 Å². The molecular formula is C29H40B2N2O8. The van der Waals surface area contributed by atoms with Crippen molar-refractivity contribution in [2.45, 2.75) is 31.5 Å². The van der Waals surface area contributed by atoms with Crippen LogP contribution in [-0.2, 0) is 33.3 Å². The summed E-state index contributed by atoms with van der Waals surface area (Å²) in [6, 6.07) is 16.8. The zero-order valence-corrected chi connectivity index (χ0v) is 24.1. The van der Waals surface area contributed by atoms with E-state index in [2.05, 4.69) is 38.1 Å². The van der Waals surface area contributed by atoms with Gasteiger partial charge < -0.3 is 46.2 Å². The molecule has 0 amide bonds. The Morgan fingerprint density at radius 2 is 1.00 bits per heavy atom. The Morgan fingerprint density at radius 1 is 0.634 bits per heavy atom. The molecule has 0 radical (unpaired) electrons. The van der Waals surface area contributed by atoms with Crippen molar-refractivity contribution in [1.82, 2.24) is 0 Å². The van der Waals surface area contributed by atoms with Gasteiger partial charge in [0.15, 0.2) is 0 Å². The molecule has 6 heterocycles. The van der Waals surface area contributed by atoms with Crippen LogP contribution in [0.2, 0.25) is 0 Å². The summed E-state index contributed by atoms with van der Waals surface area (Å²) < 4.78 is 50.2. The van der Waals surface area contributed by atoms with Gasteiger partial charge in [-0.05, 0) is 35.4 Å². The van der Waals surface area contributed by atoms with Gasteiger partial charge in [-0.3, -0.25) is 0 Å². The van der Waals surface area contributed by atoms with Crippen LogP contribution in [0.3, 0.4) is 0 Å². The van der Waals surface area contributed by atoms with E-state index in [0.717, 1.165) is 59.6 Å². The van der Waals surface area contributed by atoms with E-state index < -0.39 is 13.8 Å². The molecule has 12 heteroatoms. The molecule has 0 bridgehead atoms. The summed E-state index contributed by atoms with van der Waals surface area (Å²) >= 11 is 0. The first-order valence-electron chi connectivity index (χ1n) is 15.2. The maximum atomic E-state index is 6.27. The molecule has 0 aliphatic carbocycles. The van der Waals surface area contributed by atoms with E-state index in [1.165, 1.54) is 11.1 Å². The predicted molar refractivity (Wildman–Crippen MR) is 151 cm³/mol. The van der Waals surface area contributed by atoms with E-state index in [1.807, 2.05) is 24.3 Å². The maximum absolute atomic E-state index is 6.27. The average molecular weight is 566 g/mol. The molecule has 0 saturated carbocycles. The van der Waals surface area contributed by atoms with Gasteiger partial charge in [0.1, 0.15) is 36.9 Å². The van der Waals surface area contributed by atoms with Gasteiger partial charge in [-0.25, -0.2) is 0 Å². The van der Waals surface area contributed by atoms with Crippen molar-refractivity contribution in [2.75, 3.05) is 78.9 Å². The lowest BCUT2D eigenvalue weighted by molar-refractivity contribution is -0.816. The number of hydrogen-bond donors (Lipinski definition) is 0. The highest BCUT2D eigenvalue weighted by Crippen LogP contribution is 2.43. The molecule has 0 unspecified atom stereocenters. The zero-order chi connectivity index (χ0) is 27.8. The Labute approximate surface area is 241 Å². The fourth-order valence-corrected chi connectivity index (χ4v) is 8.21. The predicted octanol–water partition coefficient (Wildman–Crippen LogP) is 2.19. The largest absolute Gasteiger partial charge is 0.625 e. The fourth-order valence-electron chi connectivity index (χ4n) is 8.21. The van der Waals surface area contributed by atoms with Gasteiger partial charge in [0.2, 0.25) is 0 Å². The van der Waals surface area contributed by atoms with Gasteiger partial charge >= 0.3 is 13.8 Å². The highest BCUT2D eigenvalue weighted by atomic mass is 16.8. The van der Waals surface area contributed by atoms with E-state index in [1.54, 1.807) is 0 Å². The summed E-state index contributed by atoms with van der Waals surface area (Å²) in [6.45, 7) is 10.7. The second kappa shape index (κ2) is 9.42. The standard InChI is InChI=1S/C29H40B2N2O8/c1-29(2,23-3-7-25(8-4-23)34-21-27-19-32-11-15-36-30(32,40-27)37-16-12-32)24-5-9-26(10-6-24)35-22-28-20-33-13-17-38-31(33,41-28)39-18-14-33/h3-10,27-28H,11-22H2,1-2H3/t27-,28-,30?,31?,32?,33?/m0/s1. The molecule has 0 N–H and O–H groups in total. The number of quaternary nitrogens is 2. The third kappa shape index (κ3) is 4.03. The van der Waals surface area contributed by atoms with Crippen LogP contribution in [0.1, 0.15) is 25.0 Å². The van der Waals surface area contributed by atoms with Crippen LogP contribution in [0.25, 0.3) is 0 Å². The minimum Gasteiger partial charge on any atom is -0.491 e. The lowest BCUT2D eigenvalue weighted by Gasteiger charge is -2.37. The Bertz CT molecular complexity index is 1140. The van der Waals surface area contributed by atoms with Crippen LogP contribution in [-0.4, -0.2) is 114 Å². The minimum atomic E-state index is -1.64. The van der Waals surface area contributed by atoms with Gasteiger partial charge in [0.25, 0.3) is 0 Å². The first-order chi connectivity index (χ1) is 19.9. The molecule has 6 saturated heterocycles. The van der Waals surface area contributed by atoms with Crippen molar-refractivity contribution < 1.29 is 46.2 Å². The first kappa shape index (κ1) is 26.5. The Morgan fingerprint density at radius 3 is 1.34 bits per heavy atom. The Kier molecular flexibility index (Phi) is 6.09. The molecule has 0 aromatic heterocycles. The summed E-state index contributed by atoms with van der Waals surface area (Å²) in [5.41, 5.74) is 2.26. The molecular weight excluding hydrogens is 526 g/mol.